The van der Waals surface area contributed by atoms with Gasteiger partial charge in [-0.05, 0) is 30.7 Å². The highest BCUT2D eigenvalue weighted by atomic mass is 16.4. The standard InChI is InChI=1S/C23H37N7O6/c1-13(2)18(21(34)28-16(22(35)36)9-6-10-27-23(25)26)30-20(33)17(12-31)29-19(32)15(24)11-14-7-4-3-5-8-14/h3-5,7-8,13,15-18,31H,6,9-12,24H2,1-2H3,(H,28,34)(H,29,32)(H,30,33)(H,35,36)(H4,25,26,27). The minimum Gasteiger partial charge on any atom is -0.480 e. The number of carboxylic acids is 1. The number of aliphatic hydroxyl groups is 1. The molecule has 1 rings (SSSR count). The number of hydrogen-bond donors (Lipinski definition) is 8. The Kier molecular flexibility index (Phi) is 12.9. The molecule has 0 aromatic heterocycles. The molecular weight excluding hydrogens is 470 g/mol. The summed E-state index contributed by atoms with van der Waals surface area (Å²) in [5.41, 5.74) is 17.2. The molecule has 0 aliphatic rings. The maximum atomic E-state index is 12.8. The lowest BCUT2D eigenvalue weighted by Gasteiger charge is -2.26. The molecule has 0 saturated carbocycles. The number of carboxylic acid groups (broad SMARTS) is 1. The van der Waals surface area contributed by atoms with Crippen LogP contribution < -0.4 is 33.2 Å². The van der Waals surface area contributed by atoms with Crippen molar-refractivity contribution in [3.8, 4) is 0 Å². The number of nitrogens with zero attached hydrogens (tertiary/aromatic N) is 1. The van der Waals surface area contributed by atoms with Crippen molar-refractivity contribution < 1.29 is 29.4 Å². The average molecular weight is 508 g/mol. The Bertz CT molecular complexity index is 905. The van der Waals surface area contributed by atoms with Gasteiger partial charge in [0.15, 0.2) is 5.96 Å². The molecule has 13 nitrogen and oxygen atoms in total. The highest BCUT2D eigenvalue weighted by Crippen LogP contribution is 2.06. The summed E-state index contributed by atoms with van der Waals surface area (Å²) in [6, 6.07) is 4.38. The van der Waals surface area contributed by atoms with E-state index in [-0.39, 0.29) is 25.3 Å². The molecule has 11 N–H and O–H groups in total. The molecule has 0 aliphatic heterocycles. The maximum absolute atomic E-state index is 12.8. The van der Waals surface area contributed by atoms with Crippen molar-refractivity contribution in [2.24, 2.45) is 28.1 Å². The molecule has 0 heterocycles. The SMILES string of the molecule is CC(C)C(NC(=O)C(CO)NC(=O)C(N)Cc1ccccc1)C(=O)NC(CCCN=C(N)N)C(=O)O. The first-order valence-corrected chi connectivity index (χ1v) is 11.6. The van der Waals surface area contributed by atoms with Crippen molar-refractivity contribution in [1.29, 1.82) is 0 Å². The second-order valence-electron chi connectivity index (χ2n) is 8.62. The van der Waals surface area contributed by atoms with Gasteiger partial charge in [-0.15, -0.1) is 0 Å². The number of carbonyl (C=O) groups excluding carboxylic acids is 3. The summed E-state index contributed by atoms with van der Waals surface area (Å²) in [4.78, 5) is 53.3. The number of amides is 3. The number of aliphatic carboxylic acids is 1. The van der Waals surface area contributed by atoms with Gasteiger partial charge in [-0.3, -0.25) is 19.4 Å². The van der Waals surface area contributed by atoms with Gasteiger partial charge in [0.25, 0.3) is 0 Å². The zero-order valence-electron chi connectivity index (χ0n) is 20.5. The second-order valence-corrected chi connectivity index (χ2v) is 8.62. The van der Waals surface area contributed by atoms with Gasteiger partial charge in [0.2, 0.25) is 17.7 Å². The van der Waals surface area contributed by atoms with Crippen LogP contribution in [0.1, 0.15) is 32.3 Å². The van der Waals surface area contributed by atoms with Gasteiger partial charge in [0, 0.05) is 6.54 Å². The van der Waals surface area contributed by atoms with Crippen LogP contribution in [0.3, 0.4) is 0 Å². The van der Waals surface area contributed by atoms with Crippen molar-refractivity contribution in [3.63, 3.8) is 0 Å². The number of nitrogens with two attached hydrogens (primary N) is 3. The molecule has 0 fully saturated rings. The fourth-order valence-electron chi connectivity index (χ4n) is 3.24. The molecule has 0 aliphatic carbocycles. The number of nitrogens with one attached hydrogen (secondary N) is 3. The Morgan fingerprint density at radius 2 is 1.56 bits per heavy atom. The highest BCUT2D eigenvalue weighted by molar-refractivity contribution is 5.94. The minimum absolute atomic E-state index is 0.0608. The number of benzene rings is 1. The zero-order chi connectivity index (χ0) is 27.3. The summed E-state index contributed by atoms with van der Waals surface area (Å²) in [5.74, 6) is -4.00. The quantitative estimate of drug-likeness (QED) is 0.0729. The topological polar surface area (TPSA) is 235 Å². The summed E-state index contributed by atoms with van der Waals surface area (Å²) >= 11 is 0. The Morgan fingerprint density at radius 1 is 0.944 bits per heavy atom. The van der Waals surface area contributed by atoms with Crippen LogP contribution in [0.15, 0.2) is 35.3 Å². The van der Waals surface area contributed by atoms with Crippen molar-refractivity contribution in [2.45, 2.75) is 57.3 Å². The molecule has 4 atom stereocenters. The predicted molar refractivity (Wildman–Crippen MR) is 133 cm³/mol. The minimum atomic E-state index is -1.36. The normalized spacial score (nSPS) is 14.1. The number of aliphatic hydroxyl groups excluding tert-OH is 1. The smallest absolute Gasteiger partial charge is 0.326 e. The van der Waals surface area contributed by atoms with Crippen LogP contribution in [-0.2, 0) is 25.6 Å². The third kappa shape index (κ3) is 10.7. The van der Waals surface area contributed by atoms with Crippen LogP contribution >= 0.6 is 0 Å². The first kappa shape index (κ1) is 30.3. The summed E-state index contributed by atoms with van der Waals surface area (Å²) in [5, 5.41) is 26.4. The molecule has 1 aromatic carbocycles. The summed E-state index contributed by atoms with van der Waals surface area (Å²) < 4.78 is 0. The van der Waals surface area contributed by atoms with Crippen LogP contribution in [0.5, 0.6) is 0 Å². The van der Waals surface area contributed by atoms with E-state index in [2.05, 4.69) is 20.9 Å². The van der Waals surface area contributed by atoms with Crippen LogP contribution in [0, 0.1) is 5.92 Å². The van der Waals surface area contributed by atoms with E-state index in [1.54, 1.807) is 38.1 Å². The lowest BCUT2D eigenvalue weighted by Crippen LogP contribution is -2.59. The Balaban J connectivity index is 2.76. The van der Waals surface area contributed by atoms with Crippen LogP contribution in [0.2, 0.25) is 0 Å². The average Bonchev–Trinajstić information content (AvgIpc) is 2.82. The predicted octanol–water partition coefficient (Wildman–Crippen LogP) is -2.20. The number of hydrogen-bond acceptors (Lipinski definition) is 7. The maximum Gasteiger partial charge on any atom is 0.326 e. The van der Waals surface area contributed by atoms with E-state index in [9.17, 15) is 29.4 Å². The van der Waals surface area contributed by atoms with Crippen LogP contribution in [0.25, 0.3) is 0 Å². The number of aliphatic imine (C=N–C) groups is 1. The van der Waals surface area contributed by atoms with Gasteiger partial charge >= 0.3 is 5.97 Å². The molecule has 13 heteroatoms. The monoisotopic (exact) mass is 507 g/mol. The Labute approximate surface area is 209 Å². The molecule has 3 amide bonds. The molecule has 0 radical (unpaired) electrons. The third-order valence-corrected chi connectivity index (χ3v) is 5.26. The molecule has 1 aromatic rings. The summed E-state index contributed by atoms with van der Waals surface area (Å²) in [7, 11) is 0. The molecular formula is C23H37N7O6. The fourth-order valence-corrected chi connectivity index (χ4v) is 3.24. The lowest BCUT2D eigenvalue weighted by atomic mass is 10.0. The molecule has 0 saturated heterocycles. The summed E-state index contributed by atoms with van der Waals surface area (Å²) in [6.45, 7) is 2.77. The van der Waals surface area contributed by atoms with Gasteiger partial charge in [-0.1, -0.05) is 44.2 Å². The zero-order valence-corrected chi connectivity index (χ0v) is 20.5. The molecule has 4 unspecified atom stereocenters. The van der Waals surface area contributed by atoms with Gasteiger partial charge in [-0.25, -0.2) is 4.79 Å². The van der Waals surface area contributed by atoms with Gasteiger partial charge in [0.05, 0.1) is 12.6 Å². The van der Waals surface area contributed by atoms with Crippen molar-refractivity contribution in [2.75, 3.05) is 13.2 Å². The van der Waals surface area contributed by atoms with Crippen molar-refractivity contribution >= 4 is 29.7 Å². The molecule has 0 bridgehead atoms. The number of guanidine groups is 1. The summed E-state index contributed by atoms with van der Waals surface area (Å²) in [6.07, 6.45) is 0.587. The van der Waals surface area contributed by atoms with E-state index in [4.69, 9.17) is 17.2 Å². The van der Waals surface area contributed by atoms with E-state index < -0.39 is 60.4 Å². The molecule has 36 heavy (non-hydrogen) atoms. The highest BCUT2D eigenvalue weighted by Gasteiger charge is 2.31. The van der Waals surface area contributed by atoms with Crippen LogP contribution in [0.4, 0.5) is 0 Å². The van der Waals surface area contributed by atoms with E-state index in [0.29, 0.717) is 6.42 Å². The Morgan fingerprint density at radius 3 is 2.08 bits per heavy atom. The van der Waals surface area contributed by atoms with Gasteiger partial charge in [0.1, 0.15) is 18.1 Å². The molecule has 0 spiro atoms. The second kappa shape index (κ2) is 15.3. The van der Waals surface area contributed by atoms with Crippen molar-refractivity contribution in [1.82, 2.24) is 16.0 Å². The fraction of sp³-hybridized carbons (Fsp3) is 0.522. The van der Waals surface area contributed by atoms with E-state index in [1.165, 1.54) is 0 Å². The van der Waals surface area contributed by atoms with E-state index in [0.717, 1.165) is 5.56 Å². The largest absolute Gasteiger partial charge is 0.480 e. The van der Waals surface area contributed by atoms with E-state index >= 15 is 0 Å². The van der Waals surface area contributed by atoms with Crippen molar-refractivity contribution in [3.05, 3.63) is 35.9 Å². The third-order valence-electron chi connectivity index (χ3n) is 5.26. The lowest BCUT2D eigenvalue weighted by molar-refractivity contribution is -0.142. The Hall–Kier alpha value is -3.71. The van der Waals surface area contributed by atoms with Gasteiger partial charge < -0.3 is 43.4 Å². The first-order valence-electron chi connectivity index (χ1n) is 11.6. The molecule has 200 valence electrons. The van der Waals surface area contributed by atoms with Gasteiger partial charge in [-0.2, -0.15) is 0 Å². The van der Waals surface area contributed by atoms with E-state index in [1.807, 2.05) is 6.07 Å². The first-order chi connectivity index (χ1) is 17.0. The number of carbonyl (C=O) groups is 4. The van der Waals surface area contributed by atoms with Crippen LogP contribution in [-0.4, -0.2) is 77.2 Å². The number of rotatable bonds is 15.